The topological polar surface area (TPSA) is 189 Å². The predicted octanol–water partition coefficient (Wildman–Crippen LogP) is 13.3. The molecule has 8 N–H and O–H groups in total. The van der Waals surface area contributed by atoms with Gasteiger partial charge in [0.15, 0.2) is 6.29 Å². The van der Waals surface area contributed by atoms with Gasteiger partial charge in [-0.05, 0) is 64.2 Å². The van der Waals surface area contributed by atoms with E-state index in [1.807, 2.05) is 0 Å². The Hall–Kier alpha value is -1.41. The van der Waals surface area contributed by atoms with Crippen LogP contribution in [0, 0.1) is 0 Å². The summed E-state index contributed by atoms with van der Waals surface area (Å²) in [6.07, 6.45) is 49.7. The Balaban J connectivity index is 2.25. The van der Waals surface area contributed by atoms with E-state index in [1.54, 1.807) is 0 Å². The molecule has 0 spiro atoms. The molecule has 1 saturated heterocycles. The third-order valence-electron chi connectivity index (χ3n) is 15.0. The van der Waals surface area contributed by atoms with Gasteiger partial charge in [0.25, 0.3) is 0 Å². The largest absolute Gasteiger partial charge is 0.394 e. The molecule has 1 aliphatic heterocycles. The lowest BCUT2D eigenvalue weighted by molar-refractivity contribution is -0.303. The van der Waals surface area contributed by atoms with Gasteiger partial charge in [-0.1, -0.05) is 250 Å². The van der Waals surface area contributed by atoms with E-state index in [9.17, 15) is 40.5 Å². The zero-order chi connectivity index (χ0) is 52.5. The van der Waals surface area contributed by atoms with Crippen molar-refractivity contribution in [3.63, 3.8) is 0 Å². The number of amides is 1. The van der Waals surface area contributed by atoms with Crippen molar-refractivity contribution in [2.75, 3.05) is 13.2 Å². The first kappa shape index (κ1) is 68.6. The molecule has 11 heteroatoms. The molecule has 0 saturated carbocycles. The predicted molar refractivity (Wildman–Crippen MR) is 298 cm³/mol. The molecule has 11 nitrogen and oxygen atoms in total. The Kier molecular flexibility index (Phi) is 48.0. The molecular formula is C61H117NO10. The van der Waals surface area contributed by atoms with E-state index >= 15 is 0 Å². The Morgan fingerprint density at radius 3 is 1.19 bits per heavy atom. The first-order chi connectivity index (χ1) is 35.2. The van der Waals surface area contributed by atoms with E-state index in [4.69, 9.17) is 9.47 Å². The number of allylic oxidation sites excluding steroid dienone is 4. The molecule has 1 heterocycles. The van der Waals surface area contributed by atoms with E-state index in [0.29, 0.717) is 12.8 Å². The molecule has 426 valence electrons. The Morgan fingerprint density at radius 1 is 0.472 bits per heavy atom. The number of nitrogens with one attached hydrogen (secondary N) is 1. The van der Waals surface area contributed by atoms with Crippen LogP contribution in [0.4, 0.5) is 0 Å². The van der Waals surface area contributed by atoms with Crippen molar-refractivity contribution in [3.8, 4) is 0 Å². The van der Waals surface area contributed by atoms with Crippen LogP contribution < -0.4 is 5.32 Å². The average Bonchev–Trinajstić information content (AvgIpc) is 3.38. The monoisotopic (exact) mass is 1020 g/mol. The minimum absolute atomic E-state index is 0.241. The summed E-state index contributed by atoms with van der Waals surface area (Å²) in [6, 6.07) is -1.19. The van der Waals surface area contributed by atoms with E-state index in [-0.39, 0.29) is 12.8 Å². The van der Waals surface area contributed by atoms with Crippen LogP contribution in [0.5, 0.6) is 0 Å². The molecule has 72 heavy (non-hydrogen) atoms. The van der Waals surface area contributed by atoms with Gasteiger partial charge in [-0.3, -0.25) is 4.79 Å². The highest BCUT2D eigenvalue weighted by molar-refractivity contribution is 5.80. The summed E-state index contributed by atoms with van der Waals surface area (Å²) in [5.74, 6) is -0.712. The maximum absolute atomic E-state index is 13.2. The van der Waals surface area contributed by atoms with Gasteiger partial charge in [-0.2, -0.15) is 0 Å². The molecular weight excluding hydrogens is 907 g/mol. The van der Waals surface area contributed by atoms with Crippen molar-refractivity contribution in [2.45, 2.75) is 345 Å². The number of hydrogen-bond donors (Lipinski definition) is 8. The minimum Gasteiger partial charge on any atom is -0.394 e. The smallest absolute Gasteiger partial charge is 0.249 e. The summed E-state index contributed by atoms with van der Waals surface area (Å²) in [4.78, 5) is 13.2. The lowest BCUT2D eigenvalue weighted by Crippen LogP contribution is -2.60. The number of unbranched alkanes of at least 4 members (excludes halogenated alkanes) is 37. The Morgan fingerprint density at radius 2 is 0.819 bits per heavy atom. The van der Waals surface area contributed by atoms with E-state index < -0.39 is 74.2 Å². The van der Waals surface area contributed by atoms with Gasteiger partial charge in [0.1, 0.15) is 36.6 Å². The molecule has 0 aliphatic carbocycles. The van der Waals surface area contributed by atoms with Gasteiger partial charge in [0.05, 0.1) is 25.4 Å². The maximum Gasteiger partial charge on any atom is 0.249 e. The van der Waals surface area contributed by atoms with Crippen LogP contribution in [0.2, 0.25) is 0 Å². The lowest BCUT2D eigenvalue weighted by Gasteiger charge is -2.40. The molecule has 0 bridgehead atoms. The second-order valence-corrected chi connectivity index (χ2v) is 21.8. The normalized spacial score (nSPS) is 20.2. The number of aliphatic hydroxyl groups is 7. The SMILES string of the molecule is CCCCCCCCC/C=C\CCCCCCC(O)C(=O)NC(COC1OC(CO)C(O)C(O)C1O)C(O)C(O)CCC/C=C/CCCCCCCCCCCCCCCCCCCCCCCCCCC. The van der Waals surface area contributed by atoms with E-state index in [1.165, 1.54) is 199 Å². The van der Waals surface area contributed by atoms with Crippen LogP contribution in [-0.2, 0) is 14.3 Å². The molecule has 1 rings (SSSR count). The van der Waals surface area contributed by atoms with Crippen molar-refractivity contribution in [1.82, 2.24) is 5.32 Å². The summed E-state index contributed by atoms with van der Waals surface area (Å²) in [6.45, 7) is 3.46. The van der Waals surface area contributed by atoms with Crippen LogP contribution in [0.1, 0.15) is 290 Å². The standard InChI is InChI=1S/C61H117NO10/c1-3-5-7-9-11-13-15-17-19-20-21-22-23-24-25-26-27-28-29-30-31-32-33-35-36-38-40-42-44-46-48-53(64)56(66)52(51-71-61-59(69)58(68)57(67)55(50-63)72-61)62-60(70)54(65)49-47-45-43-41-39-37-34-18-16-14-12-10-8-6-4-2/h34,37,40,42,52-59,61,63-69H,3-33,35-36,38-39,41,43-51H2,1-2H3,(H,62,70)/b37-34-,42-40+. The molecule has 0 aromatic heterocycles. The van der Waals surface area contributed by atoms with Crippen molar-refractivity contribution in [3.05, 3.63) is 24.3 Å². The molecule has 0 aromatic carbocycles. The summed E-state index contributed by atoms with van der Waals surface area (Å²) >= 11 is 0. The Labute approximate surface area is 442 Å². The maximum atomic E-state index is 13.2. The number of carbonyl (C=O) groups is 1. The second-order valence-electron chi connectivity index (χ2n) is 21.8. The van der Waals surface area contributed by atoms with Gasteiger partial charge >= 0.3 is 0 Å². The minimum atomic E-state index is -1.67. The Bertz CT molecular complexity index is 1220. The second kappa shape index (κ2) is 50.4. The highest BCUT2D eigenvalue weighted by atomic mass is 16.7. The van der Waals surface area contributed by atoms with Crippen LogP contribution in [-0.4, -0.2) is 110 Å². The van der Waals surface area contributed by atoms with Gasteiger partial charge < -0.3 is 50.5 Å². The van der Waals surface area contributed by atoms with Crippen molar-refractivity contribution >= 4 is 5.91 Å². The zero-order valence-electron chi connectivity index (χ0n) is 46.7. The summed E-state index contributed by atoms with van der Waals surface area (Å²) < 4.78 is 11.1. The number of carbonyl (C=O) groups excluding carboxylic acids is 1. The van der Waals surface area contributed by atoms with Crippen molar-refractivity contribution in [2.24, 2.45) is 0 Å². The highest BCUT2D eigenvalue weighted by Gasteiger charge is 2.44. The first-order valence-corrected chi connectivity index (χ1v) is 30.7. The van der Waals surface area contributed by atoms with Gasteiger partial charge in [0.2, 0.25) is 5.91 Å². The molecule has 1 amide bonds. The van der Waals surface area contributed by atoms with Gasteiger partial charge in [-0.15, -0.1) is 0 Å². The summed E-state index contributed by atoms with van der Waals surface area (Å²) in [5.41, 5.74) is 0. The molecule has 0 aromatic rings. The molecule has 1 fully saturated rings. The molecule has 9 atom stereocenters. The quantitative estimate of drug-likeness (QED) is 0.0215. The lowest BCUT2D eigenvalue weighted by atomic mass is 9.98. The zero-order valence-corrected chi connectivity index (χ0v) is 46.7. The number of rotatable bonds is 53. The summed E-state index contributed by atoms with van der Waals surface area (Å²) in [7, 11) is 0. The van der Waals surface area contributed by atoms with Crippen LogP contribution in [0.25, 0.3) is 0 Å². The van der Waals surface area contributed by atoms with Crippen LogP contribution in [0.3, 0.4) is 0 Å². The van der Waals surface area contributed by atoms with Crippen molar-refractivity contribution < 1.29 is 50.0 Å². The number of ether oxygens (including phenoxy) is 2. The molecule has 9 unspecified atom stereocenters. The number of aliphatic hydroxyl groups excluding tert-OH is 7. The average molecular weight is 1020 g/mol. The van der Waals surface area contributed by atoms with E-state index in [2.05, 4.69) is 43.5 Å². The third kappa shape index (κ3) is 38.2. The fraction of sp³-hybridized carbons (Fsp3) is 0.918. The van der Waals surface area contributed by atoms with Crippen LogP contribution >= 0.6 is 0 Å². The summed E-state index contributed by atoms with van der Waals surface area (Å²) in [5, 5.41) is 76.1. The third-order valence-corrected chi connectivity index (χ3v) is 15.0. The van der Waals surface area contributed by atoms with E-state index in [0.717, 1.165) is 51.4 Å². The number of hydrogen-bond acceptors (Lipinski definition) is 10. The highest BCUT2D eigenvalue weighted by Crippen LogP contribution is 2.23. The first-order valence-electron chi connectivity index (χ1n) is 30.7. The van der Waals surface area contributed by atoms with Crippen molar-refractivity contribution in [1.29, 1.82) is 0 Å². The fourth-order valence-electron chi connectivity index (χ4n) is 9.97. The molecule has 0 radical (unpaired) electrons. The van der Waals surface area contributed by atoms with Gasteiger partial charge in [0, 0.05) is 0 Å². The van der Waals surface area contributed by atoms with Gasteiger partial charge in [-0.25, -0.2) is 0 Å². The molecule has 1 aliphatic rings. The fourth-order valence-corrected chi connectivity index (χ4v) is 9.97. The van der Waals surface area contributed by atoms with Crippen LogP contribution in [0.15, 0.2) is 24.3 Å².